The average Bonchev–Trinajstić information content (AvgIpc) is 2.83. The van der Waals surface area contributed by atoms with E-state index in [9.17, 15) is 0 Å². The Morgan fingerprint density at radius 2 is 2.10 bits per heavy atom. The van der Waals surface area contributed by atoms with Gasteiger partial charge in [-0.15, -0.1) is 0 Å². The number of halogens is 1. The molecule has 0 saturated heterocycles. The van der Waals surface area contributed by atoms with Gasteiger partial charge in [-0.3, -0.25) is 0 Å². The summed E-state index contributed by atoms with van der Waals surface area (Å²) < 4.78 is 7.15. The van der Waals surface area contributed by atoms with E-state index in [1.54, 1.807) is 7.11 Å². The zero-order valence-electron chi connectivity index (χ0n) is 11.2. The quantitative estimate of drug-likeness (QED) is 0.784. The third kappa shape index (κ3) is 2.08. The van der Waals surface area contributed by atoms with E-state index < -0.39 is 0 Å². The van der Waals surface area contributed by atoms with Crippen molar-refractivity contribution in [2.75, 3.05) is 12.8 Å². The van der Waals surface area contributed by atoms with E-state index in [1.165, 1.54) is 0 Å². The summed E-state index contributed by atoms with van der Waals surface area (Å²) in [5, 5.41) is 0.574. The summed E-state index contributed by atoms with van der Waals surface area (Å²) in [6.45, 7) is 2.01. The van der Waals surface area contributed by atoms with Crippen LogP contribution in [0.2, 0.25) is 5.02 Å². The maximum absolute atomic E-state index is 6.20. The minimum absolute atomic E-state index is 0.574. The molecule has 0 fully saturated rings. The molecule has 3 aromatic rings. The lowest BCUT2D eigenvalue weighted by molar-refractivity contribution is 0.415. The number of anilines is 1. The van der Waals surface area contributed by atoms with Crippen molar-refractivity contribution >= 4 is 22.9 Å². The Bertz CT molecular complexity index is 795. The van der Waals surface area contributed by atoms with E-state index in [4.69, 9.17) is 22.1 Å². The van der Waals surface area contributed by atoms with Crippen molar-refractivity contribution in [2.24, 2.45) is 0 Å². The first-order chi connectivity index (χ1) is 9.58. The van der Waals surface area contributed by atoms with Gasteiger partial charge in [0, 0.05) is 29.7 Å². The molecule has 5 heteroatoms. The van der Waals surface area contributed by atoms with Crippen molar-refractivity contribution < 1.29 is 4.74 Å². The predicted molar refractivity (Wildman–Crippen MR) is 81.3 cm³/mol. The van der Waals surface area contributed by atoms with Gasteiger partial charge in [-0.1, -0.05) is 11.6 Å². The molecule has 4 nitrogen and oxygen atoms in total. The largest absolute Gasteiger partial charge is 0.495 e. The first-order valence-corrected chi connectivity index (χ1v) is 6.55. The van der Waals surface area contributed by atoms with Gasteiger partial charge >= 0.3 is 0 Å². The number of imidazole rings is 1. The van der Waals surface area contributed by atoms with Crippen LogP contribution in [0.15, 0.2) is 36.7 Å². The molecule has 20 heavy (non-hydrogen) atoms. The maximum atomic E-state index is 6.20. The van der Waals surface area contributed by atoms with E-state index in [0.29, 0.717) is 16.5 Å². The Hall–Kier alpha value is -2.20. The number of ether oxygens (including phenoxy) is 1. The molecule has 0 saturated carbocycles. The number of benzene rings is 1. The zero-order chi connectivity index (χ0) is 14.3. The van der Waals surface area contributed by atoms with E-state index in [2.05, 4.69) is 4.98 Å². The van der Waals surface area contributed by atoms with Crippen molar-refractivity contribution in [3.05, 3.63) is 47.2 Å². The highest BCUT2D eigenvalue weighted by molar-refractivity contribution is 6.32. The Labute approximate surface area is 121 Å². The number of pyridine rings is 1. The molecule has 2 aromatic heterocycles. The summed E-state index contributed by atoms with van der Waals surface area (Å²) in [5.41, 5.74) is 10.2. The number of nitrogens with zero attached hydrogens (tertiary/aromatic N) is 2. The molecule has 2 heterocycles. The maximum Gasteiger partial charge on any atom is 0.139 e. The average molecular weight is 288 g/mol. The summed E-state index contributed by atoms with van der Waals surface area (Å²) in [6, 6.07) is 7.47. The summed E-state index contributed by atoms with van der Waals surface area (Å²) in [4.78, 5) is 4.58. The lowest BCUT2D eigenvalue weighted by atomic mass is 10.1. The number of rotatable bonds is 2. The molecule has 0 bridgehead atoms. The Morgan fingerprint density at radius 3 is 2.85 bits per heavy atom. The van der Waals surface area contributed by atoms with Crippen LogP contribution < -0.4 is 10.5 Å². The highest BCUT2D eigenvalue weighted by Crippen LogP contribution is 2.33. The SMILES string of the molecule is COc1cc(C)c(-c2cn3ccc(N)cc3n2)cc1Cl. The summed E-state index contributed by atoms with van der Waals surface area (Å²) in [5.74, 6) is 0.668. The highest BCUT2D eigenvalue weighted by Gasteiger charge is 2.11. The molecule has 0 spiro atoms. The van der Waals surface area contributed by atoms with E-state index in [1.807, 2.05) is 48.0 Å². The third-order valence-electron chi connectivity index (χ3n) is 3.26. The molecule has 0 aliphatic heterocycles. The monoisotopic (exact) mass is 287 g/mol. The molecule has 0 atom stereocenters. The van der Waals surface area contributed by atoms with Gasteiger partial charge in [0.25, 0.3) is 0 Å². The topological polar surface area (TPSA) is 52.5 Å². The van der Waals surface area contributed by atoms with Gasteiger partial charge in [0.1, 0.15) is 11.4 Å². The van der Waals surface area contributed by atoms with Gasteiger partial charge in [0.05, 0.1) is 17.8 Å². The van der Waals surface area contributed by atoms with E-state index in [-0.39, 0.29) is 0 Å². The molecule has 2 N–H and O–H groups in total. The predicted octanol–water partition coefficient (Wildman–Crippen LogP) is 3.55. The number of hydrogen-bond donors (Lipinski definition) is 1. The minimum Gasteiger partial charge on any atom is -0.495 e. The van der Waals surface area contributed by atoms with E-state index >= 15 is 0 Å². The first kappa shape index (κ1) is 12.8. The van der Waals surface area contributed by atoms with Crippen molar-refractivity contribution in [3.63, 3.8) is 0 Å². The van der Waals surface area contributed by atoms with Gasteiger partial charge in [-0.05, 0) is 30.7 Å². The normalized spacial score (nSPS) is 10.9. The van der Waals surface area contributed by atoms with Crippen LogP contribution >= 0.6 is 11.6 Å². The number of hydrogen-bond acceptors (Lipinski definition) is 3. The minimum atomic E-state index is 0.574. The molecule has 0 amide bonds. The number of fused-ring (bicyclic) bond motifs is 1. The smallest absolute Gasteiger partial charge is 0.139 e. The fraction of sp³-hybridized carbons (Fsp3) is 0.133. The Kier molecular flexibility index (Phi) is 3.03. The fourth-order valence-electron chi connectivity index (χ4n) is 2.21. The van der Waals surface area contributed by atoms with Crippen LogP contribution in [0.3, 0.4) is 0 Å². The van der Waals surface area contributed by atoms with Gasteiger partial charge in [-0.2, -0.15) is 0 Å². The van der Waals surface area contributed by atoms with Gasteiger partial charge in [0.15, 0.2) is 0 Å². The van der Waals surface area contributed by atoms with Crippen molar-refractivity contribution in [1.29, 1.82) is 0 Å². The molecular formula is C15H14ClN3O. The number of nitrogen functional groups attached to an aromatic ring is 1. The van der Waals surface area contributed by atoms with Gasteiger partial charge < -0.3 is 14.9 Å². The molecular weight excluding hydrogens is 274 g/mol. The summed E-state index contributed by atoms with van der Waals surface area (Å²) in [6.07, 6.45) is 3.85. The van der Waals surface area contributed by atoms with Gasteiger partial charge in [-0.25, -0.2) is 4.98 Å². The van der Waals surface area contributed by atoms with Crippen LogP contribution in [0, 0.1) is 6.92 Å². The van der Waals surface area contributed by atoms with E-state index in [0.717, 1.165) is 22.5 Å². The number of nitrogens with two attached hydrogens (primary N) is 1. The molecule has 0 radical (unpaired) electrons. The standard InChI is InChI=1S/C15H14ClN3O/c1-9-5-14(20-2)12(16)7-11(9)13-8-19-4-3-10(17)6-15(19)18-13/h3-8H,17H2,1-2H3. The lowest BCUT2D eigenvalue weighted by Gasteiger charge is -2.08. The number of methoxy groups -OCH3 is 1. The molecule has 0 aliphatic rings. The van der Waals surface area contributed by atoms with Crippen LogP contribution in [0.1, 0.15) is 5.56 Å². The Balaban J connectivity index is 2.17. The van der Waals surface area contributed by atoms with Crippen molar-refractivity contribution in [3.8, 4) is 17.0 Å². The zero-order valence-corrected chi connectivity index (χ0v) is 12.0. The fourth-order valence-corrected chi connectivity index (χ4v) is 2.46. The number of aromatic nitrogens is 2. The van der Waals surface area contributed by atoms with Crippen molar-refractivity contribution in [1.82, 2.24) is 9.38 Å². The second kappa shape index (κ2) is 4.72. The highest BCUT2D eigenvalue weighted by atomic mass is 35.5. The van der Waals surface area contributed by atoms with Crippen LogP contribution in [0.25, 0.3) is 16.9 Å². The van der Waals surface area contributed by atoms with Crippen LogP contribution in [-0.4, -0.2) is 16.5 Å². The summed E-state index contributed by atoms with van der Waals surface area (Å²) >= 11 is 6.20. The second-order valence-corrected chi connectivity index (χ2v) is 5.06. The molecule has 102 valence electrons. The Morgan fingerprint density at radius 1 is 1.30 bits per heavy atom. The lowest BCUT2D eigenvalue weighted by Crippen LogP contribution is -1.89. The van der Waals surface area contributed by atoms with Crippen LogP contribution in [-0.2, 0) is 0 Å². The number of aryl methyl sites for hydroxylation is 1. The third-order valence-corrected chi connectivity index (χ3v) is 3.55. The van der Waals surface area contributed by atoms with Crippen LogP contribution in [0.4, 0.5) is 5.69 Å². The molecule has 0 aliphatic carbocycles. The van der Waals surface area contributed by atoms with Crippen LogP contribution in [0.5, 0.6) is 5.75 Å². The molecule has 1 aromatic carbocycles. The summed E-state index contributed by atoms with van der Waals surface area (Å²) in [7, 11) is 1.61. The molecule has 3 rings (SSSR count). The van der Waals surface area contributed by atoms with Crippen molar-refractivity contribution in [2.45, 2.75) is 6.92 Å². The van der Waals surface area contributed by atoms with Gasteiger partial charge in [0.2, 0.25) is 0 Å². The molecule has 0 unspecified atom stereocenters. The first-order valence-electron chi connectivity index (χ1n) is 6.17. The second-order valence-electron chi connectivity index (χ2n) is 4.65.